The fourth-order valence-electron chi connectivity index (χ4n) is 13.0. The van der Waals surface area contributed by atoms with Crippen LogP contribution in [0, 0.1) is 0 Å². The van der Waals surface area contributed by atoms with Gasteiger partial charge in [-0.05, 0) is 0 Å². The zero-order chi connectivity index (χ0) is 54.8. The number of rotatable bonds is 10. The van der Waals surface area contributed by atoms with E-state index in [2.05, 4.69) is 315 Å². The van der Waals surface area contributed by atoms with Crippen LogP contribution in [0.2, 0.25) is 0 Å². The summed E-state index contributed by atoms with van der Waals surface area (Å²) in [6.45, 7) is 0. The van der Waals surface area contributed by atoms with E-state index < -0.39 is 13.3 Å². The molecule has 0 saturated heterocycles. The van der Waals surface area contributed by atoms with Gasteiger partial charge in [-0.1, -0.05) is 36.4 Å². The van der Waals surface area contributed by atoms with E-state index in [0.717, 1.165) is 99.5 Å². The quantitative estimate of drug-likeness (QED) is 0.128. The molecule has 0 aliphatic carbocycles. The Morgan fingerprint density at radius 2 is 0.506 bits per heavy atom. The van der Waals surface area contributed by atoms with Crippen LogP contribution in [0.4, 0.5) is 0 Å². The first-order valence-electron chi connectivity index (χ1n) is 28.5. The molecule has 0 N–H and O–H groups in total. The second-order valence-electron chi connectivity index (χ2n) is 21.9. The Balaban J connectivity index is 0.909. The summed E-state index contributed by atoms with van der Waals surface area (Å²) in [4.78, 5) is 0. The van der Waals surface area contributed by atoms with Gasteiger partial charge in [-0.2, -0.15) is 0 Å². The Hall–Kier alpha value is -10.3. The van der Waals surface area contributed by atoms with Crippen molar-refractivity contribution in [3.63, 3.8) is 0 Å². The molecule has 0 saturated carbocycles. The van der Waals surface area contributed by atoms with Crippen molar-refractivity contribution in [2.75, 3.05) is 0 Å². The first-order chi connectivity index (χ1) is 41.1. The standard InChI is InChI=1S/C80H52GeO2/c1-5-17-53(18-6-1)63-35-43-77-73(47-63)75-51-65(55-21-9-3-10-22-55)49-71(79(75)82-77)59-31-37-67(38-32-59)81(69-41-29-57-25-13-15-27-61(57)45-69,70-42-30-58-26-14-16-28-62(58)46-70)68-39-33-60(34-40-68)72-50-66(56-23-11-4-12-24-56)52-76-74-48-64(54-19-7-2-8-20-54)36-44-78(74)83-80(72)76/h1-52H. The third-order valence-electron chi connectivity index (χ3n) is 17.2. The molecule has 0 aliphatic rings. The monoisotopic (exact) mass is 1120 g/mol. The summed E-state index contributed by atoms with van der Waals surface area (Å²) >= 11 is -4.04. The molecule has 2 aromatic heterocycles. The average Bonchev–Trinajstić information content (AvgIpc) is 3.61. The second-order valence-corrected chi connectivity index (χ2v) is 29.9. The second kappa shape index (κ2) is 20.1. The van der Waals surface area contributed by atoms with Crippen LogP contribution in [-0.4, -0.2) is 13.3 Å². The molecule has 0 radical (unpaired) electrons. The van der Waals surface area contributed by atoms with E-state index in [4.69, 9.17) is 8.83 Å². The van der Waals surface area contributed by atoms with Gasteiger partial charge in [0.15, 0.2) is 0 Å². The van der Waals surface area contributed by atoms with Gasteiger partial charge in [0.25, 0.3) is 0 Å². The molecule has 0 atom stereocenters. The van der Waals surface area contributed by atoms with Crippen LogP contribution in [0.15, 0.2) is 324 Å². The minimum absolute atomic E-state index is 0.873. The maximum absolute atomic E-state index is 6.96. The first-order valence-corrected chi connectivity index (χ1v) is 32.7. The third-order valence-corrected chi connectivity index (χ3v) is 27.2. The molecule has 0 fully saturated rings. The molecule has 16 rings (SSSR count). The zero-order valence-corrected chi connectivity index (χ0v) is 47.4. The Labute approximate surface area is 484 Å². The van der Waals surface area contributed by atoms with Crippen LogP contribution >= 0.6 is 0 Å². The maximum atomic E-state index is 6.96. The zero-order valence-electron chi connectivity index (χ0n) is 45.3. The Morgan fingerprint density at radius 3 is 0.892 bits per heavy atom. The molecule has 0 amide bonds. The summed E-state index contributed by atoms with van der Waals surface area (Å²) in [5.74, 6) is 0. The van der Waals surface area contributed by atoms with Gasteiger partial charge in [-0.25, -0.2) is 0 Å². The van der Waals surface area contributed by atoms with Gasteiger partial charge in [-0.3, -0.25) is 0 Å². The fraction of sp³-hybridized carbons (Fsp3) is 0. The summed E-state index contributed by atoms with van der Waals surface area (Å²) in [5.41, 5.74) is 17.2. The summed E-state index contributed by atoms with van der Waals surface area (Å²) in [6.07, 6.45) is 0. The van der Waals surface area contributed by atoms with E-state index in [1.54, 1.807) is 0 Å². The van der Waals surface area contributed by atoms with Crippen molar-refractivity contribution in [3.8, 4) is 66.8 Å². The molecular weight excluding hydrogens is 1070 g/mol. The van der Waals surface area contributed by atoms with Gasteiger partial charge in [0.05, 0.1) is 0 Å². The molecule has 2 nitrogen and oxygen atoms in total. The van der Waals surface area contributed by atoms with Crippen LogP contribution in [0.1, 0.15) is 0 Å². The molecule has 0 spiro atoms. The fourth-order valence-corrected chi connectivity index (χ4v) is 23.0. The van der Waals surface area contributed by atoms with E-state index >= 15 is 0 Å². The number of hydrogen-bond donors (Lipinski definition) is 0. The molecule has 2 heterocycles. The van der Waals surface area contributed by atoms with E-state index in [-0.39, 0.29) is 0 Å². The molecule has 83 heavy (non-hydrogen) atoms. The van der Waals surface area contributed by atoms with Crippen molar-refractivity contribution in [2.45, 2.75) is 0 Å². The van der Waals surface area contributed by atoms with Crippen molar-refractivity contribution < 1.29 is 8.83 Å². The number of fused-ring (bicyclic) bond motifs is 8. The predicted molar refractivity (Wildman–Crippen MR) is 352 cm³/mol. The Bertz CT molecular complexity index is 4780. The molecule has 0 aliphatic heterocycles. The number of hydrogen-bond acceptors (Lipinski definition) is 2. The van der Waals surface area contributed by atoms with Crippen molar-refractivity contribution in [1.82, 2.24) is 0 Å². The molecule has 0 unspecified atom stereocenters. The van der Waals surface area contributed by atoms with Gasteiger partial charge in [0.1, 0.15) is 0 Å². The summed E-state index contributed by atoms with van der Waals surface area (Å²) in [5, 5.41) is 9.33. The van der Waals surface area contributed by atoms with Crippen LogP contribution in [0.25, 0.3) is 132 Å². The smallest absolute Gasteiger partial charge is 0.0617 e. The van der Waals surface area contributed by atoms with Gasteiger partial charge in [-0.15, -0.1) is 0 Å². The Kier molecular flexibility index (Phi) is 11.8. The van der Waals surface area contributed by atoms with Gasteiger partial charge in [0, 0.05) is 0 Å². The van der Waals surface area contributed by atoms with Crippen LogP contribution in [0.3, 0.4) is 0 Å². The summed E-state index contributed by atoms with van der Waals surface area (Å²) in [6, 6.07) is 116. The third kappa shape index (κ3) is 8.41. The molecule has 14 aromatic carbocycles. The molecule has 3 heteroatoms. The van der Waals surface area contributed by atoms with Crippen LogP contribution in [0.5, 0.6) is 0 Å². The van der Waals surface area contributed by atoms with Gasteiger partial charge < -0.3 is 0 Å². The minimum atomic E-state index is -4.04. The molecule has 16 aromatic rings. The molecular formula is C80H52GeO2. The van der Waals surface area contributed by atoms with E-state index in [0.29, 0.717) is 0 Å². The minimum Gasteiger partial charge on any atom is -0.0617 e. The average molecular weight is 1120 g/mol. The molecule has 388 valence electrons. The van der Waals surface area contributed by atoms with Crippen molar-refractivity contribution in [3.05, 3.63) is 315 Å². The molecule has 0 bridgehead atoms. The van der Waals surface area contributed by atoms with Crippen LogP contribution < -0.4 is 17.6 Å². The van der Waals surface area contributed by atoms with Crippen molar-refractivity contribution in [1.29, 1.82) is 0 Å². The van der Waals surface area contributed by atoms with E-state index in [1.807, 2.05) is 0 Å². The number of furan rings is 2. The summed E-state index contributed by atoms with van der Waals surface area (Å²) < 4.78 is 19.3. The van der Waals surface area contributed by atoms with Crippen molar-refractivity contribution >= 4 is 96.3 Å². The SMILES string of the molecule is c1ccc(-c2ccc3oc4c(-c5cc[c]([Ge]([c]6ccc(-c7cc(-c8ccccc8)cc8c7oc7ccc(-c9ccccc9)cc78)cc6)([c]6ccc7ccccc7c6)[c]6ccc7ccccc7c6)cc5)cc(-c5ccccc5)cc4c3c2)cc1. The topological polar surface area (TPSA) is 26.3 Å². The van der Waals surface area contributed by atoms with E-state index in [1.165, 1.54) is 50.3 Å². The number of benzene rings is 14. The van der Waals surface area contributed by atoms with Crippen LogP contribution in [-0.2, 0) is 0 Å². The predicted octanol–water partition coefficient (Wildman–Crippen LogP) is 19.2. The van der Waals surface area contributed by atoms with Crippen molar-refractivity contribution in [2.24, 2.45) is 0 Å². The van der Waals surface area contributed by atoms with E-state index in [9.17, 15) is 0 Å². The van der Waals surface area contributed by atoms with Gasteiger partial charge in [0.2, 0.25) is 0 Å². The Morgan fingerprint density at radius 1 is 0.193 bits per heavy atom. The normalized spacial score (nSPS) is 11.9. The first kappa shape index (κ1) is 48.6. The van der Waals surface area contributed by atoms with Gasteiger partial charge >= 0.3 is 451 Å². The summed E-state index contributed by atoms with van der Waals surface area (Å²) in [7, 11) is 0.